The SMILES string of the molecule is CC(C)Cc1cccc(C(O)C2(C)CCCCC2)c1. The lowest BCUT2D eigenvalue weighted by Gasteiger charge is -2.38. The molecular weight excluding hydrogens is 232 g/mol. The first-order valence-electron chi connectivity index (χ1n) is 7.78. The van der Waals surface area contributed by atoms with E-state index in [2.05, 4.69) is 45.0 Å². The van der Waals surface area contributed by atoms with Crippen LogP contribution in [0, 0.1) is 11.3 Å². The van der Waals surface area contributed by atoms with Gasteiger partial charge < -0.3 is 5.11 Å². The van der Waals surface area contributed by atoms with Gasteiger partial charge in [0.05, 0.1) is 6.10 Å². The summed E-state index contributed by atoms with van der Waals surface area (Å²) in [6.07, 6.45) is 6.95. The first-order chi connectivity index (χ1) is 9.01. The fourth-order valence-electron chi connectivity index (χ4n) is 3.40. The first-order valence-corrected chi connectivity index (χ1v) is 7.78. The third-order valence-electron chi connectivity index (χ3n) is 4.57. The molecule has 2 rings (SSSR count). The van der Waals surface area contributed by atoms with Gasteiger partial charge in [-0.1, -0.05) is 64.3 Å². The zero-order valence-electron chi connectivity index (χ0n) is 12.7. The number of aliphatic hydroxyl groups is 1. The molecule has 1 N–H and O–H groups in total. The van der Waals surface area contributed by atoms with Crippen LogP contribution in [0.5, 0.6) is 0 Å². The average molecular weight is 260 g/mol. The van der Waals surface area contributed by atoms with Gasteiger partial charge in [0, 0.05) is 0 Å². The minimum absolute atomic E-state index is 0.0781. The zero-order valence-corrected chi connectivity index (χ0v) is 12.7. The summed E-state index contributed by atoms with van der Waals surface area (Å²) in [4.78, 5) is 0. The Kier molecular flexibility index (Phi) is 4.67. The molecule has 1 saturated carbocycles. The Bertz CT molecular complexity index is 402. The molecule has 1 heteroatoms. The number of benzene rings is 1. The summed E-state index contributed by atoms with van der Waals surface area (Å²) in [6, 6.07) is 8.58. The van der Waals surface area contributed by atoms with Gasteiger partial charge in [0.15, 0.2) is 0 Å². The number of hydrogen-bond acceptors (Lipinski definition) is 1. The van der Waals surface area contributed by atoms with Crippen molar-refractivity contribution < 1.29 is 5.11 Å². The largest absolute Gasteiger partial charge is 0.388 e. The predicted molar refractivity (Wildman–Crippen MR) is 81.1 cm³/mol. The van der Waals surface area contributed by atoms with E-state index in [4.69, 9.17) is 0 Å². The zero-order chi connectivity index (χ0) is 13.9. The van der Waals surface area contributed by atoms with E-state index in [1.54, 1.807) is 0 Å². The normalized spacial score (nSPS) is 20.5. The Morgan fingerprint density at radius 1 is 1.16 bits per heavy atom. The Labute approximate surface area is 118 Å². The van der Waals surface area contributed by atoms with Crippen molar-refractivity contribution in [3.05, 3.63) is 35.4 Å². The summed E-state index contributed by atoms with van der Waals surface area (Å²) < 4.78 is 0. The van der Waals surface area contributed by atoms with Crippen molar-refractivity contribution in [2.75, 3.05) is 0 Å². The van der Waals surface area contributed by atoms with Crippen LogP contribution < -0.4 is 0 Å². The highest BCUT2D eigenvalue weighted by atomic mass is 16.3. The standard InChI is InChI=1S/C18H28O/c1-14(2)12-15-8-7-9-16(13-15)17(19)18(3)10-5-4-6-11-18/h7-9,13-14,17,19H,4-6,10-12H2,1-3H3. The highest BCUT2D eigenvalue weighted by molar-refractivity contribution is 5.27. The monoisotopic (exact) mass is 260 g/mol. The molecule has 0 saturated heterocycles. The van der Waals surface area contributed by atoms with Crippen molar-refractivity contribution in [3.63, 3.8) is 0 Å². The number of rotatable bonds is 4. The second-order valence-electron chi connectivity index (χ2n) is 6.96. The van der Waals surface area contributed by atoms with Crippen molar-refractivity contribution in [3.8, 4) is 0 Å². The molecule has 1 aliphatic carbocycles. The Balaban J connectivity index is 2.16. The van der Waals surface area contributed by atoms with Crippen LogP contribution in [0.1, 0.15) is 70.1 Å². The fourth-order valence-corrected chi connectivity index (χ4v) is 3.40. The summed E-state index contributed by atoms with van der Waals surface area (Å²) in [7, 11) is 0. The summed E-state index contributed by atoms with van der Waals surface area (Å²) in [5.41, 5.74) is 2.54. The molecule has 0 heterocycles. The molecule has 106 valence electrons. The van der Waals surface area contributed by atoms with Gasteiger partial charge >= 0.3 is 0 Å². The van der Waals surface area contributed by atoms with Crippen LogP contribution in [-0.2, 0) is 6.42 Å². The maximum atomic E-state index is 10.8. The first kappa shape index (κ1) is 14.6. The van der Waals surface area contributed by atoms with Crippen molar-refractivity contribution in [1.82, 2.24) is 0 Å². The molecule has 0 bridgehead atoms. The van der Waals surface area contributed by atoms with E-state index in [9.17, 15) is 5.11 Å². The Hall–Kier alpha value is -0.820. The summed E-state index contributed by atoms with van der Waals surface area (Å²) in [5, 5.41) is 10.8. The molecule has 1 aromatic rings. The Morgan fingerprint density at radius 2 is 1.84 bits per heavy atom. The molecule has 0 aromatic heterocycles. The third kappa shape index (κ3) is 3.60. The van der Waals surface area contributed by atoms with Gasteiger partial charge in [-0.05, 0) is 41.7 Å². The van der Waals surface area contributed by atoms with Gasteiger partial charge in [0.25, 0.3) is 0 Å². The molecule has 1 nitrogen and oxygen atoms in total. The third-order valence-corrected chi connectivity index (χ3v) is 4.57. The van der Waals surface area contributed by atoms with E-state index < -0.39 is 0 Å². The van der Waals surface area contributed by atoms with Gasteiger partial charge in [0.2, 0.25) is 0 Å². The van der Waals surface area contributed by atoms with Crippen LogP contribution in [0.4, 0.5) is 0 Å². The fraction of sp³-hybridized carbons (Fsp3) is 0.667. The molecule has 1 fully saturated rings. The molecule has 0 spiro atoms. The highest BCUT2D eigenvalue weighted by Crippen LogP contribution is 2.45. The smallest absolute Gasteiger partial charge is 0.0843 e. The second kappa shape index (κ2) is 6.09. The van der Waals surface area contributed by atoms with E-state index in [-0.39, 0.29) is 11.5 Å². The lowest BCUT2D eigenvalue weighted by molar-refractivity contribution is 0.00814. The molecule has 1 aliphatic rings. The van der Waals surface area contributed by atoms with Gasteiger partial charge in [-0.3, -0.25) is 0 Å². The van der Waals surface area contributed by atoms with E-state index in [1.165, 1.54) is 24.8 Å². The van der Waals surface area contributed by atoms with Crippen LogP contribution in [-0.4, -0.2) is 5.11 Å². The molecule has 0 radical (unpaired) electrons. The van der Waals surface area contributed by atoms with Crippen molar-refractivity contribution in [2.24, 2.45) is 11.3 Å². The van der Waals surface area contributed by atoms with Gasteiger partial charge in [-0.2, -0.15) is 0 Å². The molecule has 19 heavy (non-hydrogen) atoms. The van der Waals surface area contributed by atoms with Gasteiger partial charge in [-0.25, -0.2) is 0 Å². The molecule has 1 atom stereocenters. The van der Waals surface area contributed by atoms with Gasteiger partial charge in [0.1, 0.15) is 0 Å². The number of hydrogen-bond donors (Lipinski definition) is 1. The van der Waals surface area contributed by atoms with Crippen molar-refractivity contribution >= 4 is 0 Å². The molecule has 0 amide bonds. The summed E-state index contributed by atoms with van der Waals surface area (Å²) in [5.74, 6) is 0.665. The van der Waals surface area contributed by atoms with Crippen LogP contribution in [0.3, 0.4) is 0 Å². The topological polar surface area (TPSA) is 20.2 Å². The number of aliphatic hydroxyl groups excluding tert-OH is 1. The van der Waals surface area contributed by atoms with E-state index in [0.29, 0.717) is 5.92 Å². The maximum Gasteiger partial charge on any atom is 0.0843 e. The van der Waals surface area contributed by atoms with E-state index >= 15 is 0 Å². The minimum Gasteiger partial charge on any atom is -0.388 e. The second-order valence-corrected chi connectivity index (χ2v) is 6.96. The lowest BCUT2D eigenvalue weighted by Crippen LogP contribution is -2.28. The van der Waals surface area contributed by atoms with Crippen LogP contribution in [0.15, 0.2) is 24.3 Å². The summed E-state index contributed by atoms with van der Waals surface area (Å²) >= 11 is 0. The van der Waals surface area contributed by atoms with Crippen LogP contribution in [0.2, 0.25) is 0 Å². The van der Waals surface area contributed by atoms with E-state index in [0.717, 1.165) is 24.8 Å². The maximum absolute atomic E-state index is 10.8. The average Bonchev–Trinajstić information content (AvgIpc) is 2.38. The van der Waals surface area contributed by atoms with Gasteiger partial charge in [-0.15, -0.1) is 0 Å². The summed E-state index contributed by atoms with van der Waals surface area (Å²) in [6.45, 7) is 6.74. The quantitative estimate of drug-likeness (QED) is 0.817. The molecule has 0 aliphatic heterocycles. The minimum atomic E-state index is -0.306. The van der Waals surface area contributed by atoms with Crippen molar-refractivity contribution in [1.29, 1.82) is 0 Å². The predicted octanol–water partition coefficient (Wildman–Crippen LogP) is 4.89. The molecule has 1 unspecified atom stereocenters. The molecular formula is C18H28O. The van der Waals surface area contributed by atoms with Crippen LogP contribution >= 0.6 is 0 Å². The Morgan fingerprint density at radius 3 is 2.47 bits per heavy atom. The van der Waals surface area contributed by atoms with Crippen molar-refractivity contribution in [2.45, 2.75) is 65.4 Å². The van der Waals surface area contributed by atoms with E-state index in [1.807, 2.05) is 0 Å². The molecule has 1 aromatic carbocycles. The highest BCUT2D eigenvalue weighted by Gasteiger charge is 2.35. The lowest BCUT2D eigenvalue weighted by atomic mass is 9.70. The van der Waals surface area contributed by atoms with Crippen LogP contribution in [0.25, 0.3) is 0 Å².